The minimum atomic E-state index is -0.547. The number of methoxy groups -OCH3 is 1. The summed E-state index contributed by atoms with van der Waals surface area (Å²) in [6.07, 6.45) is 3.72. The van der Waals surface area contributed by atoms with Gasteiger partial charge in [0.25, 0.3) is 0 Å². The minimum absolute atomic E-state index is 0.113. The van der Waals surface area contributed by atoms with Crippen LogP contribution in [0.2, 0.25) is 0 Å². The second kappa shape index (κ2) is 7.48. The number of nitrogens with zero attached hydrogens (tertiary/aromatic N) is 2. The fraction of sp³-hybridized carbons (Fsp3) is 0.812. The van der Waals surface area contributed by atoms with Gasteiger partial charge in [-0.25, -0.2) is 9.59 Å². The summed E-state index contributed by atoms with van der Waals surface area (Å²) in [6.45, 7) is 2.58. The number of hydrogen-bond donors (Lipinski definition) is 0. The number of likely N-dealkylation sites (tertiary alicyclic amines) is 1. The van der Waals surface area contributed by atoms with Crippen LogP contribution < -0.4 is 0 Å². The Morgan fingerprint density at radius 2 is 2.09 bits per heavy atom. The van der Waals surface area contributed by atoms with Crippen molar-refractivity contribution in [1.82, 2.24) is 4.90 Å². The van der Waals surface area contributed by atoms with Crippen LogP contribution in [0.1, 0.15) is 39.0 Å². The molecule has 2 aliphatic rings. The van der Waals surface area contributed by atoms with Gasteiger partial charge in [0, 0.05) is 13.0 Å². The Bertz CT molecular complexity index is 460. The molecule has 4 atom stereocenters. The standard InChI is InChI=1S/C16H24N2O4/c1-3-22-15(19)14-13-5-4-11(6-8-17)10-12(13)7-9-18(14)16(20)21-2/h11-14H,3-7,9-10H2,1-2H3. The summed E-state index contributed by atoms with van der Waals surface area (Å²) >= 11 is 0. The summed E-state index contributed by atoms with van der Waals surface area (Å²) in [7, 11) is 1.33. The van der Waals surface area contributed by atoms with Gasteiger partial charge in [-0.2, -0.15) is 5.26 Å². The number of nitriles is 1. The topological polar surface area (TPSA) is 79.6 Å². The maximum Gasteiger partial charge on any atom is 0.410 e. The molecule has 1 heterocycles. The van der Waals surface area contributed by atoms with Crippen LogP contribution in [-0.4, -0.2) is 43.3 Å². The molecule has 6 nitrogen and oxygen atoms in total. The van der Waals surface area contributed by atoms with Crippen molar-refractivity contribution < 1.29 is 19.1 Å². The normalized spacial score (nSPS) is 30.9. The molecule has 0 aromatic rings. The van der Waals surface area contributed by atoms with Gasteiger partial charge in [-0.15, -0.1) is 0 Å². The predicted molar refractivity (Wildman–Crippen MR) is 78.7 cm³/mol. The van der Waals surface area contributed by atoms with Crippen molar-refractivity contribution in [3.8, 4) is 6.07 Å². The van der Waals surface area contributed by atoms with Crippen molar-refractivity contribution >= 4 is 12.1 Å². The lowest BCUT2D eigenvalue weighted by atomic mass is 9.67. The summed E-state index contributed by atoms with van der Waals surface area (Å²) in [5.41, 5.74) is 0. The number of rotatable bonds is 3. The summed E-state index contributed by atoms with van der Waals surface area (Å²) < 4.78 is 10.0. The van der Waals surface area contributed by atoms with Gasteiger partial charge >= 0.3 is 12.1 Å². The van der Waals surface area contributed by atoms with Crippen LogP contribution >= 0.6 is 0 Å². The van der Waals surface area contributed by atoms with E-state index in [9.17, 15) is 9.59 Å². The van der Waals surface area contributed by atoms with E-state index in [4.69, 9.17) is 14.7 Å². The Kier molecular flexibility index (Phi) is 5.64. The number of carbonyl (C=O) groups excluding carboxylic acids is 2. The molecule has 2 rings (SSSR count). The first kappa shape index (κ1) is 16.6. The molecule has 0 aromatic carbocycles. The van der Waals surface area contributed by atoms with Gasteiger partial charge in [0.05, 0.1) is 19.8 Å². The molecule has 0 spiro atoms. The second-order valence-corrected chi connectivity index (χ2v) is 6.11. The van der Waals surface area contributed by atoms with Crippen molar-refractivity contribution in [3.05, 3.63) is 0 Å². The van der Waals surface area contributed by atoms with Crippen LogP contribution in [0.15, 0.2) is 0 Å². The Balaban J connectivity index is 2.16. The van der Waals surface area contributed by atoms with Crippen LogP contribution in [0.25, 0.3) is 0 Å². The third kappa shape index (κ3) is 3.34. The van der Waals surface area contributed by atoms with Crippen molar-refractivity contribution in [2.75, 3.05) is 20.3 Å². The minimum Gasteiger partial charge on any atom is -0.464 e. The van der Waals surface area contributed by atoms with E-state index in [0.29, 0.717) is 31.4 Å². The fourth-order valence-corrected chi connectivity index (χ4v) is 3.97. The first-order valence-corrected chi connectivity index (χ1v) is 8.00. The third-order valence-electron chi connectivity index (χ3n) is 4.95. The molecular weight excluding hydrogens is 284 g/mol. The molecule has 1 saturated heterocycles. The van der Waals surface area contributed by atoms with E-state index in [2.05, 4.69) is 6.07 Å². The highest BCUT2D eigenvalue weighted by molar-refractivity contribution is 5.82. The van der Waals surface area contributed by atoms with E-state index < -0.39 is 12.1 Å². The van der Waals surface area contributed by atoms with E-state index >= 15 is 0 Å². The fourth-order valence-electron chi connectivity index (χ4n) is 3.97. The van der Waals surface area contributed by atoms with Crippen molar-refractivity contribution in [2.45, 2.75) is 45.1 Å². The number of carbonyl (C=O) groups is 2. The highest BCUT2D eigenvalue weighted by Gasteiger charge is 2.47. The monoisotopic (exact) mass is 308 g/mol. The molecule has 1 amide bonds. The Morgan fingerprint density at radius 3 is 2.73 bits per heavy atom. The highest BCUT2D eigenvalue weighted by Crippen LogP contribution is 2.43. The van der Waals surface area contributed by atoms with E-state index in [1.807, 2.05) is 0 Å². The molecule has 0 radical (unpaired) electrons. The van der Waals surface area contributed by atoms with Crippen molar-refractivity contribution in [2.24, 2.45) is 17.8 Å². The predicted octanol–water partition coefficient (Wildman–Crippen LogP) is 2.34. The summed E-state index contributed by atoms with van der Waals surface area (Å²) in [4.78, 5) is 25.9. The average Bonchev–Trinajstić information content (AvgIpc) is 2.53. The second-order valence-electron chi connectivity index (χ2n) is 6.11. The van der Waals surface area contributed by atoms with E-state index in [1.165, 1.54) is 12.0 Å². The zero-order chi connectivity index (χ0) is 16.1. The molecule has 4 unspecified atom stereocenters. The zero-order valence-electron chi connectivity index (χ0n) is 13.3. The number of piperidine rings is 1. The van der Waals surface area contributed by atoms with Gasteiger partial charge in [-0.05, 0) is 50.4 Å². The zero-order valence-corrected chi connectivity index (χ0v) is 13.3. The molecule has 1 saturated carbocycles. The van der Waals surface area contributed by atoms with Crippen molar-refractivity contribution in [1.29, 1.82) is 5.26 Å². The molecule has 22 heavy (non-hydrogen) atoms. The quantitative estimate of drug-likeness (QED) is 0.748. The first-order valence-electron chi connectivity index (χ1n) is 8.00. The number of hydrogen-bond acceptors (Lipinski definition) is 5. The molecule has 0 bridgehead atoms. The third-order valence-corrected chi connectivity index (χ3v) is 4.95. The lowest BCUT2D eigenvalue weighted by molar-refractivity contribution is -0.155. The van der Waals surface area contributed by atoms with E-state index in [-0.39, 0.29) is 11.9 Å². The molecule has 2 fully saturated rings. The van der Waals surface area contributed by atoms with Gasteiger partial charge in [-0.3, -0.25) is 4.90 Å². The van der Waals surface area contributed by atoms with Crippen molar-refractivity contribution in [3.63, 3.8) is 0 Å². The largest absolute Gasteiger partial charge is 0.464 e. The van der Waals surface area contributed by atoms with Gasteiger partial charge in [0.1, 0.15) is 6.04 Å². The van der Waals surface area contributed by atoms with Gasteiger partial charge in [-0.1, -0.05) is 0 Å². The summed E-state index contributed by atoms with van der Waals surface area (Å²) in [5.74, 6) is 0.573. The van der Waals surface area contributed by atoms with Gasteiger partial charge < -0.3 is 9.47 Å². The number of fused-ring (bicyclic) bond motifs is 1. The van der Waals surface area contributed by atoms with Crippen LogP contribution in [0.3, 0.4) is 0 Å². The Hall–Kier alpha value is -1.77. The van der Waals surface area contributed by atoms with Crippen LogP contribution in [0.5, 0.6) is 0 Å². The molecule has 0 N–H and O–H groups in total. The molecule has 6 heteroatoms. The molecular formula is C16H24N2O4. The number of ether oxygens (including phenoxy) is 2. The SMILES string of the molecule is CCOC(=O)C1C2CCC(CC#N)CC2CCN1C(=O)OC. The maximum atomic E-state index is 12.4. The summed E-state index contributed by atoms with van der Waals surface area (Å²) in [5, 5.41) is 8.88. The molecule has 0 aromatic heterocycles. The number of esters is 1. The summed E-state index contributed by atoms with van der Waals surface area (Å²) in [6, 6.07) is 1.70. The van der Waals surface area contributed by atoms with E-state index in [0.717, 1.165) is 25.7 Å². The maximum absolute atomic E-state index is 12.4. The van der Waals surface area contributed by atoms with E-state index in [1.54, 1.807) is 6.92 Å². The molecule has 122 valence electrons. The lowest BCUT2D eigenvalue weighted by Crippen LogP contribution is -2.57. The molecule has 1 aliphatic heterocycles. The molecule has 1 aliphatic carbocycles. The Morgan fingerprint density at radius 1 is 1.32 bits per heavy atom. The van der Waals surface area contributed by atoms with Gasteiger partial charge in [0.15, 0.2) is 0 Å². The van der Waals surface area contributed by atoms with Gasteiger partial charge in [0.2, 0.25) is 0 Å². The number of amides is 1. The smallest absolute Gasteiger partial charge is 0.410 e. The first-order chi connectivity index (χ1) is 10.6. The van der Waals surface area contributed by atoms with Crippen LogP contribution in [0, 0.1) is 29.1 Å². The Labute approximate surface area is 131 Å². The van der Waals surface area contributed by atoms with Crippen LogP contribution in [0.4, 0.5) is 4.79 Å². The lowest BCUT2D eigenvalue weighted by Gasteiger charge is -2.47. The average molecular weight is 308 g/mol. The van der Waals surface area contributed by atoms with Crippen LogP contribution in [-0.2, 0) is 14.3 Å². The highest BCUT2D eigenvalue weighted by atomic mass is 16.6.